The summed E-state index contributed by atoms with van der Waals surface area (Å²) in [7, 11) is 1.80. The van der Waals surface area contributed by atoms with Crippen LogP contribution in [0.4, 0.5) is 5.82 Å². The second-order valence-electron chi connectivity index (χ2n) is 4.86. The van der Waals surface area contributed by atoms with Gasteiger partial charge in [0.15, 0.2) is 0 Å². The highest BCUT2D eigenvalue weighted by Gasteiger charge is 2.14. The molecular formula is C16H21N3OS. The number of anilines is 1. The van der Waals surface area contributed by atoms with Crippen LogP contribution in [0.3, 0.4) is 0 Å². The first-order valence-electron chi connectivity index (χ1n) is 7.11. The predicted molar refractivity (Wildman–Crippen MR) is 91.2 cm³/mol. The molecule has 1 atom stereocenters. The van der Waals surface area contributed by atoms with Crippen LogP contribution in [0.25, 0.3) is 10.9 Å². The number of nitrogens with zero attached hydrogens (tertiary/aromatic N) is 1. The van der Waals surface area contributed by atoms with Crippen LogP contribution in [-0.4, -0.2) is 35.5 Å². The zero-order valence-electron chi connectivity index (χ0n) is 12.6. The number of hydrogen-bond donors (Lipinski definition) is 2. The van der Waals surface area contributed by atoms with E-state index in [0.717, 1.165) is 22.4 Å². The zero-order valence-corrected chi connectivity index (χ0v) is 13.5. The van der Waals surface area contributed by atoms with Crippen molar-refractivity contribution in [3.63, 3.8) is 0 Å². The molecular weight excluding hydrogens is 282 g/mol. The Balaban J connectivity index is 2.29. The third-order valence-electron chi connectivity index (χ3n) is 3.17. The average molecular weight is 303 g/mol. The standard InChI is InChI=1S/C16H21N3OS/c1-4-21-10-11(2)18-16(20)13-9-15(17-3)19-14-8-6-5-7-12(13)14/h5-9,11H,4,10H2,1-3H3,(H,17,19)(H,18,20). The highest BCUT2D eigenvalue weighted by molar-refractivity contribution is 7.99. The van der Waals surface area contributed by atoms with Crippen LogP contribution in [0.1, 0.15) is 24.2 Å². The normalized spacial score (nSPS) is 12.1. The van der Waals surface area contributed by atoms with E-state index in [4.69, 9.17) is 0 Å². The number of carbonyl (C=O) groups is 1. The number of para-hydroxylation sites is 1. The average Bonchev–Trinajstić information content (AvgIpc) is 2.51. The Hall–Kier alpha value is -1.75. The first-order chi connectivity index (χ1) is 10.2. The topological polar surface area (TPSA) is 54.0 Å². The van der Waals surface area contributed by atoms with Crippen LogP contribution < -0.4 is 10.6 Å². The highest BCUT2D eigenvalue weighted by atomic mass is 32.2. The van der Waals surface area contributed by atoms with E-state index in [1.165, 1.54) is 0 Å². The predicted octanol–water partition coefficient (Wildman–Crippen LogP) is 3.15. The smallest absolute Gasteiger partial charge is 0.252 e. The van der Waals surface area contributed by atoms with E-state index in [1.54, 1.807) is 13.1 Å². The third-order valence-corrected chi connectivity index (χ3v) is 4.31. The zero-order chi connectivity index (χ0) is 15.2. The summed E-state index contributed by atoms with van der Waals surface area (Å²) in [6, 6.07) is 9.66. The fourth-order valence-electron chi connectivity index (χ4n) is 2.13. The monoisotopic (exact) mass is 303 g/mol. The molecule has 5 heteroatoms. The van der Waals surface area contributed by atoms with Gasteiger partial charge in [-0.05, 0) is 24.8 Å². The molecule has 4 nitrogen and oxygen atoms in total. The summed E-state index contributed by atoms with van der Waals surface area (Å²) in [5.74, 6) is 2.63. The Labute approximate surface area is 129 Å². The van der Waals surface area contributed by atoms with Crippen molar-refractivity contribution in [1.82, 2.24) is 10.3 Å². The van der Waals surface area contributed by atoms with Gasteiger partial charge in [-0.1, -0.05) is 25.1 Å². The van der Waals surface area contributed by atoms with Crippen molar-refractivity contribution in [3.05, 3.63) is 35.9 Å². The molecule has 0 saturated heterocycles. The molecule has 0 spiro atoms. The lowest BCUT2D eigenvalue weighted by Gasteiger charge is -2.15. The van der Waals surface area contributed by atoms with Crippen LogP contribution in [0, 0.1) is 0 Å². The van der Waals surface area contributed by atoms with Crippen LogP contribution in [-0.2, 0) is 0 Å². The molecule has 0 aliphatic rings. The molecule has 1 amide bonds. The quantitative estimate of drug-likeness (QED) is 0.861. The SMILES string of the molecule is CCSCC(C)NC(=O)c1cc(NC)nc2ccccc12. The van der Waals surface area contributed by atoms with Gasteiger partial charge in [0.1, 0.15) is 5.82 Å². The number of pyridine rings is 1. The minimum Gasteiger partial charge on any atom is -0.373 e. The second-order valence-corrected chi connectivity index (χ2v) is 6.18. The number of carbonyl (C=O) groups excluding carboxylic acids is 1. The summed E-state index contributed by atoms with van der Waals surface area (Å²) >= 11 is 1.83. The molecule has 1 unspecified atom stereocenters. The number of amides is 1. The van der Waals surface area contributed by atoms with Gasteiger partial charge in [-0.15, -0.1) is 0 Å². The molecule has 21 heavy (non-hydrogen) atoms. The Morgan fingerprint density at radius 2 is 2.14 bits per heavy atom. The van der Waals surface area contributed by atoms with Gasteiger partial charge in [-0.2, -0.15) is 11.8 Å². The highest BCUT2D eigenvalue weighted by Crippen LogP contribution is 2.20. The van der Waals surface area contributed by atoms with Crippen molar-refractivity contribution in [2.24, 2.45) is 0 Å². The number of hydrogen-bond acceptors (Lipinski definition) is 4. The van der Waals surface area contributed by atoms with E-state index in [9.17, 15) is 4.79 Å². The van der Waals surface area contributed by atoms with Gasteiger partial charge in [-0.25, -0.2) is 4.98 Å². The van der Waals surface area contributed by atoms with Crippen molar-refractivity contribution in [3.8, 4) is 0 Å². The summed E-state index contributed by atoms with van der Waals surface area (Å²) < 4.78 is 0. The van der Waals surface area contributed by atoms with Crippen molar-refractivity contribution in [1.29, 1.82) is 0 Å². The van der Waals surface area contributed by atoms with E-state index in [2.05, 4.69) is 22.5 Å². The summed E-state index contributed by atoms with van der Waals surface area (Å²) in [4.78, 5) is 17.0. The molecule has 2 N–H and O–H groups in total. The number of fused-ring (bicyclic) bond motifs is 1. The fraction of sp³-hybridized carbons (Fsp3) is 0.375. The number of thioether (sulfide) groups is 1. The lowest BCUT2D eigenvalue weighted by atomic mass is 10.1. The van der Waals surface area contributed by atoms with Gasteiger partial charge in [0.2, 0.25) is 0 Å². The van der Waals surface area contributed by atoms with Gasteiger partial charge in [0.05, 0.1) is 11.1 Å². The molecule has 0 saturated carbocycles. The lowest BCUT2D eigenvalue weighted by molar-refractivity contribution is 0.0945. The summed E-state index contributed by atoms with van der Waals surface area (Å²) in [5.41, 5.74) is 1.49. The maximum atomic E-state index is 12.5. The van der Waals surface area contributed by atoms with Crippen LogP contribution in [0.2, 0.25) is 0 Å². The molecule has 1 aromatic carbocycles. The molecule has 1 heterocycles. The van der Waals surface area contributed by atoms with Crippen molar-refractivity contribution in [2.45, 2.75) is 19.9 Å². The van der Waals surface area contributed by atoms with E-state index < -0.39 is 0 Å². The molecule has 1 aromatic heterocycles. The molecule has 0 bridgehead atoms. The molecule has 0 radical (unpaired) electrons. The summed E-state index contributed by atoms with van der Waals surface area (Å²) in [6.45, 7) is 4.15. The summed E-state index contributed by atoms with van der Waals surface area (Å²) in [5, 5.41) is 6.94. The van der Waals surface area contributed by atoms with Gasteiger partial charge in [0.25, 0.3) is 5.91 Å². The number of nitrogens with one attached hydrogen (secondary N) is 2. The van der Waals surface area contributed by atoms with E-state index in [-0.39, 0.29) is 11.9 Å². The van der Waals surface area contributed by atoms with Crippen molar-refractivity contribution >= 4 is 34.4 Å². The van der Waals surface area contributed by atoms with E-state index in [1.807, 2.05) is 43.0 Å². The lowest BCUT2D eigenvalue weighted by Crippen LogP contribution is -2.34. The van der Waals surface area contributed by atoms with Gasteiger partial charge < -0.3 is 10.6 Å². The minimum atomic E-state index is -0.0469. The second kappa shape index (κ2) is 7.31. The molecule has 112 valence electrons. The Morgan fingerprint density at radius 3 is 2.86 bits per heavy atom. The minimum absolute atomic E-state index is 0.0469. The number of rotatable bonds is 6. The van der Waals surface area contributed by atoms with E-state index in [0.29, 0.717) is 11.4 Å². The molecule has 2 aromatic rings. The Bertz CT molecular complexity index is 630. The van der Waals surface area contributed by atoms with Crippen molar-refractivity contribution < 1.29 is 4.79 Å². The fourth-order valence-corrected chi connectivity index (χ4v) is 2.80. The first kappa shape index (κ1) is 15.6. The number of benzene rings is 1. The Kier molecular flexibility index (Phi) is 5.44. The maximum Gasteiger partial charge on any atom is 0.252 e. The molecule has 0 fully saturated rings. The Morgan fingerprint density at radius 1 is 1.38 bits per heavy atom. The van der Waals surface area contributed by atoms with Gasteiger partial charge in [0, 0.05) is 24.2 Å². The van der Waals surface area contributed by atoms with Crippen LogP contribution in [0.5, 0.6) is 0 Å². The number of aromatic nitrogens is 1. The van der Waals surface area contributed by atoms with Gasteiger partial charge >= 0.3 is 0 Å². The summed E-state index contributed by atoms with van der Waals surface area (Å²) in [6.07, 6.45) is 0. The molecule has 2 rings (SSSR count). The van der Waals surface area contributed by atoms with Crippen LogP contribution in [0.15, 0.2) is 30.3 Å². The maximum absolute atomic E-state index is 12.5. The first-order valence-corrected chi connectivity index (χ1v) is 8.27. The molecule has 0 aliphatic carbocycles. The third kappa shape index (κ3) is 3.88. The van der Waals surface area contributed by atoms with E-state index >= 15 is 0 Å². The van der Waals surface area contributed by atoms with Crippen molar-refractivity contribution in [2.75, 3.05) is 23.9 Å². The van der Waals surface area contributed by atoms with Crippen LogP contribution >= 0.6 is 11.8 Å². The van der Waals surface area contributed by atoms with Gasteiger partial charge in [-0.3, -0.25) is 4.79 Å². The molecule has 0 aliphatic heterocycles. The largest absolute Gasteiger partial charge is 0.373 e.